The van der Waals surface area contributed by atoms with Crippen LogP contribution in [-0.2, 0) is 17.5 Å². The second-order valence-corrected chi connectivity index (χ2v) is 16.0. The molecule has 0 aliphatic carbocycles. The van der Waals surface area contributed by atoms with E-state index >= 15 is 8.78 Å². The summed E-state index contributed by atoms with van der Waals surface area (Å²) < 4.78 is 43.3. The van der Waals surface area contributed by atoms with Crippen LogP contribution in [0.15, 0.2) is 115 Å². The number of ether oxygens (including phenoxy) is 1. The molecule has 4 aromatic rings. The minimum absolute atomic E-state index is 0.155. The predicted octanol–water partition coefficient (Wildman–Crippen LogP) is 7.00. The molecule has 0 unspecified atom stereocenters. The van der Waals surface area contributed by atoms with Gasteiger partial charge in [0.05, 0.1) is 13.2 Å². The Labute approximate surface area is 244 Å². The molecule has 216 valence electrons. The summed E-state index contributed by atoms with van der Waals surface area (Å²) in [5.41, 5.74) is 2.12. The fourth-order valence-electron chi connectivity index (χ4n) is 5.28. The van der Waals surface area contributed by atoms with Crippen LogP contribution in [0, 0.1) is 0 Å². The third-order valence-electron chi connectivity index (χ3n) is 7.31. The van der Waals surface area contributed by atoms with Gasteiger partial charge in [-0.25, -0.2) is 8.78 Å². The van der Waals surface area contributed by atoms with Gasteiger partial charge >= 0.3 is 0 Å². The molecule has 1 N–H and O–H groups in total. The Morgan fingerprint density at radius 1 is 0.732 bits per heavy atom. The zero-order valence-corrected chi connectivity index (χ0v) is 25.4. The molecule has 4 rings (SSSR count). The summed E-state index contributed by atoms with van der Waals surface area (Å²) in [6.07, 6.45) is 0.605. The fraction of sp³-hybridized carbons (Fsp3) is 0.314. The first-order valence-electron chi connectivity index (χ1n) is 14.2. The van der Waals surface area contributed by atoms with Crippen molar-refractivity contribution in [1.82, 2.24) is 5.32 Å². The van der Waals surface area contributed by atoms with Crippen molar-refractivity contribution in [2.75, 3.05) is 13.2 Å². The molecule has 41 heavy (non-hydrogen) atoms. The summed E-state index contributed by atoms with van der Waals surface area (Å²) in [6, 6.07) is 37.4. The van der Waals surface area contributed by atoms with Crippen molar-refractivity contribution in [3.05, 3.63) is 126 Å². The first-order valence-corrected chi connectivity index (χ1v) is 16.1. The summed E-state index contributed by atoms with van der Waals surface area (Å²) in [5, 5.41) is 4.67. The minimum atomic E-state index is -3.04. The molecular weight excluding hydrogens is 532 g/mol. The molecule has 0 saturated carbocycles. The van der Waals surface area contributed by atoms with Crippen molar-refractivity contribution >= 4 is 18.7 Å². The number of rotatable bonds is 13. The second kappa shape index (κ2) is 13.6. The van der Waals surface area contributed by atoms with Gasteiger partial charge in [0.1, 0.15) is 12.4 Å². The molecular formula is C35H41F2NO2Si. The molecule has 3 nitrogen and oxygen atoms in total. The van der Waals surface area contributed by atoms with Crippen LogP contribution in [0.4, 0.5) is 8.78 Å². The van der Waals surface area contributed by atoms with E-state index in [-0.39, 0.29) is 11.1 Å². The van der Waals surface area contributed by atoms with Crippen LogP contribution < -0.4 is 20.4 Å². The lowest BCUT2D eigenvalue weighted by Gasteiger charge is -2.43. The van der Waals surface area contributed by atoms with Crippen LogP contribution in [0.1, 0.15) is 38.8 Å². The number of hydrogen-bond donors (Lipinski definition) is 1. The Bertz CT molecular complexity index is 1310. The summed E-state index contributed by atoms with van der Waals surface area (Å²) in [7, 11) is -3.04. The highest BCUT2D eigenvalue weighted by atomic mass is 28.4. The summed E-state index contributed by atoms with van der Waals surface area (Å²) in [6.45, 7) is 7.58. The van der Waals surface area contributed by atoms with Crippen LogP contribution in [0.5, 0.6) is 5.75 Å². The molecule has 0 aromatic heterocycles. The molecule has 0 fully saturated rings. The highest BCUT2D eigenvalue weighted by Gasteiger charge is 2.51. The van der Waals surface area contributed by atoms with E-state index in [9.17, 15) is 0 Å². The fourth-order valence-corrected chi connectivity index (χ4v) is 9.86. The maximum atomic E-state index is 15.4. The van der Waals surface area contributed by atoms with Crippen molar-refractivity contribution in [1.29, 1.82) is 0 Å². The van der Waals surface area contributed by atoms with Crippen LogP contribution in [-0.4, -0.2) is 33.4 Å². The highest BCUT2D eigenvalue weighted by molar-refractivity contribution is 6.99. The average molecular weight is 574 g/mol. The van der Waals surface area contributed by atoms with Crippen molar-refractivity contribution in [2.24, 2.45) is 0 Å². The second-order valence-electron chi connectivity index (χ2n) is 11.7. The Morgan fingerprint density at radius 2 is 1.27 bits per heavy atom. The number of nitrogens with one attached hydrogen (secondary N) is 1. The van der Waals surface area contributed by atoms with E-state index in [0.29, 0.717) is 13.0 Å². The van der Waals surface area contributed by atoms with E-state index in [4.69, 9.17) is 9.16 Å². The van der Waals surface area contributed by atoms with E-state index in [2.05, 4.69) is 26.1 Å². The first-order chi connectivity index (χ1) is 19.6. The Balaban J connectivity index is 1.39. The monoisotopic (exact) mass is 573 g/mol. The topological polar surface area (TPSA) is 30.5 Å². The maximum Gasteiger partial charge on any atom is 0.281 e. The smallest absolute Gasteiger partial charge is 0.281 e. The molecule has 6 heteroatoms. The zero-order chi connectivity index (χ0) is 29.3. The van der Waals surface area contributed by atoms with Crippen LogP contribution in [0.25, 0.3) is 0 Å². The number of halogens is 2. The van der Waals surface area contributed by atoms with E-state index in [1.165, 1.54) is 0 Å². The lowest BCUT2D eigenvalue weighted by atomic mass is 10.1. The zero-order valence-electron chi connectivity index (χ0n) is 24.4. The normalized spacial score (nSPS) is 13.1. The van der Waals surface area contributed by atoms with Crippen LogP contribution in [0.2, 0.25) is 5.04 Å². The summed E-state index contributed by atoms with van der Waals surface area (Å²) in [4.78, 5) is 0. The molecule has 4 aromatic carbocycles. The molecule has 0 radical (unpaired) electrons. The van der Waals surface area contributed by atoms with Gasteiger partial charge in [-0.05, 0) is 52.0 Å². The maximum absolute atomic E-state index is 15.4. The molecule has 0 saturated heterocycles. The number of alkyl halides is 2. The molecule has 0 amide bonds. The van der Waals surface area contributed by atoms with Gasteiger partial charge in [-0.2, -0.15) is 0 Å². The van der Waals surface area contributed by atoms with Gasteiger partial charge in [-0.1, -0.05) is 124 Å². The van der Waals surface area contributed by atoms with Crippen LogP contribution in [0.3, 0.4) is 0 Å². The van der Waals surface area contributed by atoms with E-state index < -0.39 is 27.4 Å². The Hall–Kier alpha value is -3.32. The SMILES string of the molecule is C[C@H](Cc1cccc(OCc2ccccc2)c1)NCC(F)(F)CO[Si](c1ccccc1)(c1ccccc1)C(C)(C)C. The molecule has 0 aliphatic rings. The minimum Gasteiger partial charge on any atom is -0.489 e. The quantitative estimate of drug-likeness (QED) is 0.175. The van der Waals surface area contributed by atoms with Gasteiger partial charge in [0.2, 0.25) is 0 Å². The lowest BCUT2D eigenvalue weighted by molar-refractivity contribution is -0.0433. The van der Waals surface area contributed by atoms with E-state index in [0.717, 1.165) is 27.2 Å². The first kappa shape index (κ1) is 30.6. The predicted molar refractivity (Wildman–Crippen MR) is 167 cm³/mol. The third-order valence-corrected chi connectivity index (χ3v) is 12.3. The highest BCUT2D eigenvalue weighted by Crippen LogP contribution is 2.37. The third kappa shape index (κ3) is 8.12. The van der Waals surface area contributed by atoms with Gasteiger partial charge in [-0.15, -0.1) is 0 Å². The van der Waals surface area contributed by atoms with Gasteiger partial charge in [0.15, 0.2) is 0 Å². The molecule has 0 heterocycles. The Morgan fingerprint density at radius 3 is 1.83 bits per heavy atom. The van der Waals surface area contributed by atoms with Crippen molar-refractivity contribution in [3.63, 3.8) is 0 Å². The summed E-state index contributed by atoms with van der Waals surface area (Å²) >= 11 is 0. The Kier molecular flexibility index (Phi) is 10.1. The molecule has 1 atom stereocenters. The van der Waals surface area contributed by atoms with Gasteiger partial charge in [0, 0.05) is 6.04 Å². The number of benzene rings is 4. The molecule has 0 aliphatic heterocycles. The van der Waals surface area contributed by atoms with E-state index in [1.54, 1.807) is 0 Å². The van der Waals surface area contributed by atoms with Gasteiger partial charge < -0.3 is 14.5 Å². The van der Waals surface area contributed by atoms with Crippen molar-refractivity contribution in [2.45, 2.75) is 57.7 Å². The largest absolute Gasteiger partial charge is 0.489 e. The lowest BCUT2D eigenvalue weighted by Crippen LogP contribution is -2.67. The van der Waals surface area contributed by atoms with Crippen molar-refractivity contribution in [3.8, 4) is 5.75 Å². The van der Waals surface area contributed by atoms with E-state index in [1.807, 2.05) is 122 Å². The standard InChI is InChI=1S/C35H41F2NO2Si/c1-28(23-30-17-14-18-31(24-30)39-25-29-15-8-5-9-16-29)38-26-35(36,37)27-40-41(34(2,3)4,32-19-10-6-11-20-32)33-21-12-7-13-22-33/h5-22,24,28,38H,23,25-27H2,1-4H3/t28-/m1/s1. The van der Waals surface area contributed by atoms with Gasteiger partial charge in [-0.3, -0.25) is 0 Å². The molecule has 0 spiro atoms. The summed E-state index contributed by atoms with van der Waals surface area (Å²) in [5.74, 6) is -2.27. The molecule has 0 bridgehead atoms. The van der Waals surface area contributed by atoms with Crippen LogP contribution >= 0.6 is 0 Å². The van der Waals surface area contributed by atoms with Crippen molar-refractivity contribution < 1.29 is 17.9 Å². The average Bonchev–Trinajstić information content (AvgIpc) is 2.97. The van der Waals surface area contributed by atoms with Gasteiger partial charge in [0.25, 0.3) is 14.2 Å². The number of hydrogen-bond acceptors (Lipinski definition) is 3.